The van der Waals surface area contributed by atoms with E-state index < -0.39 is 10.0 Å². The zero-order valence-corrected chi connectivity index (χ0v) is 17.9. The molecule has 0 N–H and O–H groups in total. The number of piperidine rings is 1. The Kier molecular flexibility index (Phi) is 5.92. The van der Waals surface area contributed by atoms with Crippen LogP contribution < -0.4 is 9.64 Å². The molecule has 0 spiro atoms. The first-order chi connectivity index (χ1) is 14.5. The lowest BCUT2D eigenvalue weighted by Crippen LogP contribution is -2.35. The van der Waals surface area contributed by atoms with E-state index in [0.29, 0.717) is 30.9 Å². The summed E-state index contributed by atoms with van der Waals surface area (Å²) in [5.41, 5.74) is 2.75. The number of methoxy groups -OCH3 is 1. The summed E-state index contributed by atoms with van der Waals surface area (Å²) in [7, 11) is -2.18. The van der Waals surface area contributed by atoms with Gasteiger partial charge in [-0.2, -0.15) is 4.31 Å². The molecule has 30 heavy (non-hydrogen) atoms. The first-order valence-corrected chi connectivity index (χ1v) is 11.7. The van der Waals surface area contributed by atoms with Crippen molar-refractivity contribution in [3.63, 3.8) is 0 Å². The number of carbonyl (C=O) groups is 1. The van der Waals surface area contributed by atoms with Gasteiger partial charge in [0.25, 0.3) is 5.91 Å². The minimum absolute atomic E-state index is 0.115. The Morgan fingerprint density at radius 3 is 2.57 bits per heavy atom. The third kappa shape index (κ3) is 4.00. The lowest BCUT2D eigenvalue weighted by atomic mass is 10.2. The Bertz CT molecular complexity index is 1070. The molecule has 158 valence electrons. The number of nitrogens with zero attached hydrogens (tertiary/aromatic N) is 2. The Morgan fingerprint density at radius 1 is 1.03 bits per heavy atom. The number of para-hydroxylation sites is 1. The van der Waals surface area contributed by atoms with Gasteiger partial charge in [0.2, 0.25) is 10.0 Å². The van der Waals surface area contributed by atoms with E-state index >= 15 is 0 Å². The normalized spacial score (nSPS) is 17.3. The summed E-state index contributed by atoms with van der Waals surface area (Å²) in [5.74, 6) is 0.203. The molecule has 0 bridgehead atoms. The van der Waals surface area contributed by atoms with E-state index in [0.717, 1.165) is 31.4 Å². The largest absolute Gasteiger partial charge is 0.495 e. The van der Waals surface area contributed by atoms with Gasteiger partial charge in [-0.3, -0.25) is 4.79 Å². The molecule has 1 saturated heterocycles. The SMILES string of the molecule is COc1ccc(C=CC(=O)N2CCc3ccccc32)cc1S(=O)(=O)N1CCCCC1. The maximum atomic E-state index is 13.2. The Labute approximate surface area is 177 Å². The van der Waals surface area contributed by atoms with E-state index in [1.165, 1.54) is 23.1 Å². The van der Waals surface area contributed by atoms with Gasteiger partial charge in [0.1, 0.15) is 10.6 Å². The highest BCUT2D eigenvalue weighted by Gasteiger charge is 2.29. The van der Waals surface area contributed by atoms with E-state index in [4.69, 9.17) is 4.74 Å². The standard InChI is InChI=1S/C23H26N2O4S/c1-29-21-11-9-18(17-22(21)30(27,28)24-14-5-2-6-15-24)10-12-23(26)25-16-13-19-7-3-4-8-20(19)25/h3-4,7-12,17H,2,5-6,13-16H2,1H3. The molecule has 2 aromatic rings. The van der Waals surface area contributed by atoms with Gasteiger partial charge in [-0.1, -0.05) is 30.7 Å². The van der Waals surface area contributed by atoms with Gasteiger partial charge < -0.3 is 9.64 Å². The number of rotatable bonds is 5. The first-order valence-electron chi connectivity index (χ1n) is 10.3. The fourth-order valence-corrected chi connectivity index (χ4v) is 5.78. The fourth-order valence-electron chi connectivity index (χ4n) is 4.07. The van der Waals surface area contributed by atoms with Crippen LogP contribution in [0.25, 0.3) is 6.08 Å². The lowest BCUT2D eigenvalue weighted by Gasteiger charge is -2.26. The number of ether oxygens (including phenoxy) is 1. The first kappa shape index (κ1) is 20.6. The highest BCUT2D eigenvalue weighted by Crippen LogP contribution is 2.31. The molecule has 6 nitrogen and oxygen atoms in total. The molecule has 0 unspecified atom stereocenters. The van der Waals surface area contributed by atoms with Crippen LogP contribution in [0.1, 0.15) is 30.4 Å². The minimum Gasteiger partial charge on any atom is -0.495 e. The van der Waals surface area contributed by atoms with E-state index in [1.807, 2.05) is 24.3 Å². The van der Waals surface area contributed by atoms with Crippen LogP contribution >= 0.6 is 0 Å². The van der Waals surface area contributed by atoms with Crippen LogP contribution in [0.2, 0.25) is 0 Å². The van der Waals surface area contributed by atoms with Gasteiger partial charge in [-0.25, -0.2) is 8.42 Å². The zero-order chi connectivity index (χ0) is 21.1. The Balaban J connectivity index is 1.58. The maximum absolute atomic E-state index is 13.2. The second-order valence-electron chi connectivity index (χ2n) is 7.58. The number of hydrogen-bond acceptors (Lipinski definition) is 4. The Morgan fingerprint density at radius 2 is 1.80 bits per heavy atom. The second kappa shape index (κ2) is 8.62. The van der Waals surface area contributed by atoms with Gasteiger partial charge in [0, 0.05) is 31.4 Å². The summed E-state index contributed by atoms with van der Waals surface area (Å²) >= 11 is 0. The van der Waals surface area contributed by atoms with E-state index in [9.17, 15) is 13.2 Å². The van der Waals surface area contributed by atoms with E-state index in [2.05, 4.69) is 0 Å². The summed E-state index contributed by atoms with van der Waals surface area (Å²) in [6, 6.07) is 12.9. The summed E-state index contributed by atoms with van der Waals surface area (Å²) in [6.45, 7) is 1.70. The van der Waals surface area contributed by atoms with Crippen LogP contribution in [0.3, 0.4) is 0 Å². The molecule has 2 aromatic carbocycles. The average Bonchev–Trinajstić information content (AvgIpc) is 3.22. The Hall–Kier alpha value is -2.64. The van der Waals surface area contributed by atoms with Crippen molar-refractivity contribution in [3.05, 3.63) is 59.7 Å². The van der Waals surface area contributed by atoms with Gasteiger partial charge in [-0.15, -0.1) is 0 Å². The summed E-state index contributed by atoms with van der Waals surface area (Å²) in [5, 5.41) is 0. The van der Waals surface area contributed by atoms with Crippen molar-refractivity contribution in [1.29, 1.82) is 0 Å². The average molecular weight is 427 g/mol. The van der Waals surface area contributed by atoms with Crippen molar-refractivity contribution in [2.24, 2.45) is 0 Å². The molecule has 0 atom stereocenters. The lowest BCUT2D eigenvalue weighted by molar-refractivity contribution is -0.114. The molecule has 0 radical (unpaired) electrons. The molecule has 7 heteroatoms. The highest BCUT2D eigenvalue weighted by atomic mass is 32.2. The molecule has 2 aliphatic rings. The summed E-state index contributed by atoms with van der Waals surface area (Å²) < 4.78 is 33.1. The zero-order valence-electron chi connectivity index (χ0n) is 17.1. The van der Waals surface area contributed by atoms with Crippen LogP contribution in [-0.4, -0.2) is 45.4 Å². The quantitative estimate of drug-likeness (QED) is 0.687. The van der Waals surface area contributed by atoms with E-state index in [1.54, 1.807) is 29.2 Å². The van der Waals surface area contributed by atoms with Crippen molar-refractivity contribution in [3.8, 4) is 5.75 Å². The van der Waals surface area contributed by atoms with Gasteiger partial charge in [-0.05, 0) is 54.7 Å². The van der Waals surface area contributed by atoms with Gasteiger partial charge >= 0.3 is 0 Å². The van der Waals surface area contributed by atoms with Crippen molar-refractivity contribution in [1.82, 2.24) is 4.31 Å². The molecule has 0 aromatic heterocycles. The number of amides is 1. The van der Waals surface area contributed by atoms with Gasteiger partial charge in [0.05, 0.1) is 7.11 Å². The molecule has 0 saturated carbocycles. The predicted octanol–water partition coefficient (Wildman–Crippen LogP) is 3.47. The smallest absolute Gasteiger partial charge is 0.251 e. The summed E-state index contributed by atoms with van der Waals surface area (Å²) in [4.78, 5) is 14.6. The third-order valence-electron chi connectivity index (χ3n) is 5.69. The molecule has 2 heterocycles. The number of sulfonamides is 1. The molecule has 4 rings (SSSR count). The molecular weight excluding hydrogens is 400 g/mol. The van der Waals surface area contributed by atoms with Crippen molar-refractivity contribution in [2.75, 3.05) is 31.6 Å². The number of fused-ring (bicyclic) bond motifs is 1. The summed E-state index contributed by atoms with van der Waals surface area (Å²) in [6.07, 6.45) is 6.79. The highest BCUT2D eigenvalue weighted by molar-refractivity contribution is 7.89. The predicted molar refractivity (Wildman–Crippen MR) is 117 cm³/mol. The molecule has 2 aliphatic heterocycles. The molecular formula is C23H26N2O4S. The van der Waals surface area contributed by atoms with Crippen molar-refractivity contribution < 1.29 is 17.9 Å². The number of anilines is 1. The van der Waals surface area contributed by atoms with Crippen LogP contribution in [-0.2, 0) is 21.2 Å². The third-order valence-corrected chi connectivity index (χ3v) is 7.61. The van der Waals surface area contributed by atoms with Crippen LogP contribution in [0, 0.1) is 0 Å². The maximum Gasteiger partial charge on any atom is 0.251 e. The number of benzene rings is 2. The van der Waals surface area contributed by atoms with Crippen LogP contribution in [0.15, 0.2) is 53.4 Å². The number of hydrogen-bond donors (Lipinski definition) is 0. The minimum atomic E-state index is -3.64. The monoisotopic (exact) mass is 426 g/mol. The molecule has 1 fully saturated rings. The fraction of sp³-hybridized carbons (Fsp3) is 0.348. The second-order valence-corrected chi connectivity index (χ2v) is 9.48. The number of carbonyl (C=O) groups excluding carboxylic acids is 1. The molecule has 1 amide bonds. The van der Waals surface area contributed by atoms with Crippen molar-refractivity contribution in [2.45, 2.75) is 30.6 Å². The van der Waals surface area contributed by atoms with Crippen molar-refractivity contribution >= 4 is 27.7 Å². The van der Waals surface area contributed by atoms with E-state index in [-0.39, 0.29) is 10.8 Å². The van der Waals surface area contributed by atoms with Gasteiger partial charge in [0.15, 0.2) is 0 Å². The van der Waals surface area contributed by atoms with Crippen LogP contribution in [0.4, 0.5) is 5.69 Å². The molecule has 0 aliphatic carbocycles. The topological polar surface area (TPSA) is 66.9 Å². The van der Waals surface area contributed by atoms with Crippen LogP contribution in [0.5, 0.6) is 5.75 Å².